The van der Waals surface area contributed by atoms with Gasteiger partial charge < -0.3 is 5.32 Å². The average Bonchev–Trinajstić information content (AvgIpc) is 2.36. The fourth-order valence-electron chi connectivity index (χ4n) is 1.58. The molecule has 2 N–H and O–H groups in total. The first-order valence-electron chi connectivity index (χ1n) is 6.48. The van der Waals surface area contributed by atoms with E-state index in [9.17, 15) is 4.79 Å². The van der Waals surface area contributed by atoms with E-state index in [0.29, 0.717) is 6.61 Å². The number of carbonyl (C=O) groups is 1. The number of para-hydroxylation sites is 1. The Labute approximate surface area is 109 Å². The van der Waals surface area contributed by atoms with Crippen molar-refractivity contribution in [3.05, 3.63) is 29.8 Å². The van der Waals surface area contributed by atoms with Crippen LogP contribution in [0, 0.1) is 6.92 Å². The zero-order chi connectivity index (χ0) is 13.2. The number of amides is 2. The van der Waals surface area contributed by atoms with Gasteiger partial charge >= 0.3 is 6.03 Å². The molecule has 0 aliphatic heterocycles. The van der Waals surface area contributed by atoms with Crippen LogP contribution in [0.25, 0.3) is 0 Å². The van der Waals surface area contributed by atoms with Gasteiger partial charge in [0.2, 0.25) is 0 Å². The van der Waals surface area contributed by atoms with E-state index >= 15 is 0 Å². The third-order valence-corrected chi connectivity index (χ3v) is 2.66. The third-order valence-electron chi connectivity index (χ3n) is 2.66. The molecule has 0 aliphatic carbocycles. The molecule has 2 amide bonds. The summed E-state index contributed by atoms with van der Waals surface area (Å²) >= 11 is 0. The number of carbonyl (C=O) groups excluding carboxylic acids is 1. The second-order valence-corrected chi connectivity index (χ2v) is 4.28. The van der Waals surface area contributed by atoms with E-state index in [2.05, 4.69) is 17.7 Å². The number of nitrogens with one attached hydrogen (secondary N) is 2. The van der Waals surface area contributed by atoms with Crippen molar-refractivity contribution < 1.29 is 9.63 Å². The van der Waals surface area contributed by atoms with Gasteiger partial charge in [-0.15, -0.1) is 0 Å². The van der Waals surface area contributed by atoms with Crippen LogP contribution >= 0.6 is 0 Å². The van der Waals surface area contributed by atoms with Crippen LogP contribution in [0.4, 0.5) is 10.5 Å². The molecule has 0 bridgehead atoms. The molecule has 1 aromatic carbocycles. The second-order valence-electron chi connectivity index (χ2n) is 4.28. The second kappa shape index (κ2) is 8.53. The van der Waals surface area contributed by atoms with Crippen LogP contribution in [0.15, 0.2) is 24.3 Å². The molecule has 1 rings (SSSR count). The molecule has 0 aromatic heterocycles. The number of hydrogen-bond acceptors (Lipinski definition) is 2. The zero-order valence-electron chi connectivity index (χ0n) is 11.2. The van der Waals surface area contributed by atoms with Crippen LogP contribution in [-0.4, -0.2) is 12.6 Å². The van der Waals surface area contributed by atoms with Crippen LogP contribution in [0.5, 0.6) is 0 Å². The smallest absolute Gasteiger partial charge is 0.306 e. The van der Waals surface area contributed by atoms with Crippen LogP contribution in [0.1, 0.15) is 38.2 Å². The minimum atomic E-state index is -0.334. The minimum absolute atomic E-state index is 0.334. The van der Waals surface area contributed by atoms with Crippen molar-refractivity contribution in [2.75, 3.05) is 11.9 Å². The highest BCUT2D eigenvalue weighted by molar-refractivity contribution is 5.89. The lowest BCUT2D eigenvalue weighted by Gasteiger charge is -2.09. The van der Waals surface area contributed by atoms with E-state index in [1.54, 1.807) is 0 Å². The first-order valence-corrected chi connectivity index (χ1v) is 6.48. The van der Waals surface area contributed by atoms with E-state index in [1.165, 1.54) is 12.8 Å². The van der Waals surface area contributed by atoms with Gasteiger partial charge in [-0.1, -0.05) is 44.4 Å². The van der Waals surface area contributed by atoms with Gasteiger partial charge in [0.25, 0.3) is 0 Å². The summed E-state index contributed by atoms with van der Waals surface area (Å²) in [5, 5.41) is 2.74. The van der Waals surface area contributed by atoms with Gasteiger partial charge in [-0.05, 0) is 25.0 Å². The lowest BCUT2D eigenvalue weighted by atomic mass is 10.2. The molecule has 0 radical (unpaired) electrons. The van der Waals surface area contributed by atoms with Gasteiger partial charge in [0.1, 0.15) is 0 Å². The van der Waals surface area contributed by atoms with Crippen molar-refractivity contribution >= 4 is 11.7 Å². The fraction of sp³-hybridized carbons (Fsp3) is 0.500. The summed E-state index contributed by atoms with van der Waals surface area (Å²) in [5.41, 5.74) is 4.20. The van der Waals surface area contributed by atoms with Gasteiger partial charge in [0.15, 0.2) is 0 Å². The first-order chi connectivity index (χ1) is 8.74. The number of urea groups is 1. The van der Waals surface area contributed by atoms with Gasteiger partial charge in [0, 0.05) is 5.69 Å². The molecule has 0 saturated heterocycles. The quantitative estimate of drug-likeness (QED) is 0.573. The molecule has 4 heteroatoms. The molecule has 0 atom stereocenters. The van der Waals surface area contributed by atoms with Gasteiger partial charge in [-0.3, -0.25) is 4.84 Å². The Morgan fingerprint density at radius 1 is 1.22 bits per heavy atom. The highest BCUT2D eigenvalue weighted by atomic mass is 16.7. The SMILES string of the molecule is CCCCCCONC(=O)Nc1ccccc1C. The topological polar surface area (TPSA) is 50.4 Å². The Morgan fingerprint density at radius 3 is 2.72 bits per heavy atom. The fourth-order valence-corrected chi connectivity index (χ4v) is 1.58. The van der Waals surface area contributed by atoms with Crippen molar-refractivity contribution in [1.82, 2.24) is 5.48 Å². The lowest BCUT2D eigenvalue weighted by molar-refractivity contribution is 0.0632. The lowest BCUT2D eigenvalue weighted by Crippen LogP contribution is -2.29. The Hall–Kier alpha value is -1.55. The van der Waals surface area contributed by atoms with Crippen molar-refractivity contribution in [2.45, 2.75) is 39.5 Å². The Bertz CT molecular complexity index is 367. The summed E-state index contributed by atoms with van der Waals surface area (Å²) in [7, 11) is 0. The first kappa shape index (κ1) is 14.5. The molecule has 18 heavy (non-hydrogen) atoms. The Kier molecular flexibility index (Phi) is 6.87. The molecule has 0 heterocycles. The van der Waals surface area contributed by atoms with Crippen LogP contribution in [0.3, 0.4) is 0 Å². The van der Waals surface area contributed by atoms with E-state index in [1.807, 2.05) is 31.2 Å². The molecular formula is C14H22N2O2. The third kappa shape index (κ3) is 5.68. The van der Waals surface area contributed by atoms with Crippen LogP contribution in [-0.2, 0) is 4.84 Å². The van der Waals surface area contributed by atoms with E-state index in [0.717, 1.165) is 24.1 Å². The molecule has 0 aliphatic rings. The Morgan fingerprint density at radius 2 is 2.00 bits per heavy atom. The normalized spacial score (nSPS) is 10.1. The number of hydrogen-bond donors (Lipinski definition) is 2. The summed E-state index contributed by atoms with van der Waals surface area (Å²) < 4.78 is 0. The van der Waals surface area contributed by atoms with Crippen LogP contribution < -0.4 is 10.8 Å². The van der Waals surface area contributed by atoms with E-state index in [-0.39, 0.29) is 6.03 Å². The number of anilines is 1. The summed E-state index contributed by atoms with van der Waals surface area (Å²) in [6.07, 6.45) is 4.51. The maximum Gasteiger partial charge on any atom is 0.343 e. The van der Waals surface area contributed by atoms with Crippen molar-refractivity contribution in [3.8, 4) is 0 Å². The number of hydroxylamine groups is 1. The van der Waals surface area contributed by atoms with Crippen LogP contribution in [0.2, 0.25) is 0 Å². The number of unbranched alkanes of at least 4 members (excludes halogenated alkanes) is 3. The molecule has 100 valence electrons. The Balaban J connectivity index is 2.16. The largest absolute Gasteiger partial charge is 0.343 e. The number of aryl methyl sites for hydroxylation is 1. The van der Waals surface area contributed by atoms with Gasteiger partial charge in [0.05, 0.1) is 6.61 Å². The highest BCUT2D eigenvalue weighted by Gasteiger charge is 2.02. The standard InChI is InChI=1S/C14H22N2O2/c1-3-4-5-8-11-18-16-14(17)15-13-10-7-6-9-12(13)2/h6-7,9-10H,3-5,8,11H2,1-2H3,(H2,15,16,17). The predicted molar refractivity (Wildman–Crippen MR) is 73.4 cm³/mol. The molecular weight excluding hydrogens is 228 g/mol. The molecule has 0 unspecified atom stereocenters. The molecule has 0 spiro atoms. The maximum absolute atomic E-state index is 11.5. The van der Waals surface area contributed by atoms with Gasteiger partial charge in [-0.25, -0.2) is 10.3 Å². The van der Waals surface area contributed by atoms with Crippen molar-refractivity contribution in [3.63, 3.8) is 0 Å². The molecule has 1 aromatic rings. The van der Waals surface area contributed by atoms with Crippen molar-refractivity contribution in [1.29, 1.82) is 0 Å². The van der Waals surface area contributed by atoms with E-state index in [4.69, 9.17) is 4.84 Å². The number of benzene rings is 1. The monoisotopic (exact) mass is 250 g/mol. The summed E-state index contributed by atoms with van der Waals surface area (Å²) in [4.78, 5) is 16.6. The summed E-state index contributed by atoms with van der Waals surface area (Å²) in [6.45, 7) is 4.66. The summed E-state index contributed by atoms with van der Waals surface area (Å²) in [5.74, 6) is 0. The highest BCUT2D eigenvalue weighted by Crippen LogP contribution is 2.12. The molecule has 4 nitrogen and oxygen atoms in total. The summed E-state index contributed by atoms with van der Waals surface area (Å²) in [6, 6.07) is 7.29. The van der Waals surface area contributed by atoms with Crippen molar-refractivity contribution in [2.24, 2.45) is 0 Å². The number of rotatable bonds is 7. The minimum Gasteiger partial charge on any atom is -0.306 e. The predicted octanol–water partition coefficient (Wildman–Crippen LogP) is 3.63. The molecule has 0 fully saturated rings. The maximum atomic E-state index is 11.5. The average molecular weight is 250 g/mol. The van der Waals surface area contributed by atoms with Gasteiger partial charge in [-0.2, -0.15) is 0 Å². The molecule has 0 saturated carbocycles. The van der Waals surface area contributed by atoms with E-state index < -0.39 is 0 Å². The zero-order valence-corrected chi connectivity index (χ0v) is 11.2.